The zero-order valence-corrected chi connectivity index (χ0v) is 12.6. The van der Waals surface area contributed by atoms with Gasteiger partial charge >= 0.3 is 5.97 Å². The zero-order chi connectivity index (χ0) is 13.9. The van der Waals surface area contributed by atoms with E-state index >= 15 is 0 Å². The fourth-order valence-electron chi connectivity index (χ4n) is 2.81. The van der Waals surface area contributed by atoms with E-state index in [-0.39, 0.29) is 5.97 Å². The molecular formula is C15H28N2O2. The molecule has 110 valence electrons. The number of nitrogens with zero attached hydrogens (tertiary/aromatic N) is 1. The van der Waals surface area contributed by atoms with Crippen LogP contribution in [0.2, 0.25) is 0 Å². The van der Waals surface area contributed by atoms with Gasteiger partial charge in [-0.25, -0.2) is 0 Å². The quantitative estimate of drug-likeness (QED) is 0.746. The summed E-state index contributed by atoms with van der Waals surface area (Å²) in [5.74, 6) is 0.724. The highest BCUT2D eigenvalue weighted by atomic mass is 16.5. The Balaban J connectivity index is 1.94. The smallest absolute Gasteiger partial charge is 0.327 e. The molecule has 1 unspecified atom stereocenters. The van der Waals surface area contributed by atoms with Gasteiger partial charge in [0.05, 0.1) is 6.61 Å². The maximum absolute atomic E-state index is 12.3. The molecular weight excluding hydrogens is 240 g/mol. The van der Waals surface area contributed by atoms with Gasteiger partial charge in [-0.3, -0.25) is 10.1 Å². The summed E-state index contributed by atoms with van der Waals surface area (Å²) in [5.41, 5.74) is -0.544. The predicted octanol–water partition coefficient (Wildman–Crippen LogP) is 1.79. The monoisotopic (exact) mass is 268 g/mol. The number of hydrogen-bond donors (Lipinski definition) is 1. The number of esters is 1. The van der Waals surface area contributed by atoms with Gasteiger partial charge in [0.15, 0.2) is 0 Å². The topological polar surface area (TPSA) is 41.6 Å². The lowest BCUT2D eigenvalue weighted by molar-refractivity contribution is -0.151. The van der Waals surface area contributed by atoms with Gasteiger partial charge in [0.25, 0.3) is 0 Å². The first kappa shape index (κ1) is 14.8. The number of carbonyl (C=O) groups excluding carboxylic acids is 1. The Morgan fingerprint density at radius 1 is 1.32 bits per heavy atom. The first-order valence-corrected chi connectivity index (χ1v) is 7.71. The van der Waals surface area contributed by atoms with E-state index in [1.54, 1.807) is 0 Å². The number of rotatable bonds is 6. The Hall–Kier alpha value is -0.610. The molecule has 1 saturated carbocycles. The molecule has 1 saturated heterocycles. The van der Waals surface area contributed by atoms with E-state index in [0.29, 0.717) is 12.6 Å². The van der Waals surface area contributed by atoms with Crippen LogP contribution in [-0.4, -0.2) is 48.7 Å². The molecule has 4 nitrogen and oxygen atoms in total. The van der Waals surface area contributed by atoms with Crippen molar-refractivity contribution in [3.63, 3.8) is 0 Å². The maximum Gasteiger partial charge on any atom is 0.327 e. The van der Waals surface area contributed by atoms with Gasteiger partial charge in [-0.15, -0.1) is 0 Å². The van der Waals surface area contributed by atoms with Crippen molar-refractivity contribution in [2.45, 2.75) is 58.0 Å². The molecule has 0 amide bonds. The minimum Gasteiger partial charge on any atom is -0.465 e. The van der Waals surface area contributed by atoms with Crippen LogP contribution >= 0.6 is 0 Å². The third kappa shape index (κ3) is 4.18. The maximum atomic E-state index is 12.3. The molecule has 1 heterocycles. The van der Waals surface area contributed by atoms with E-state index in [9.17, 15) is 4.79 Å². The first-order valence-electron chi connectivity index (χ1n) is 7.71. The van der Waals surface area contributed by atoms with Crippen LogP contribution in [0.3, 0.4) is 0 Å². The van der Waals surface area contributed by atoms with E-state index in [0.717, 1.165) is 25.6 Å². The lowest BCUT2D eigenvalue weighted by Gasteiger charge is -2.37. The largest absolute Gasteiger partial charge is 0.465 e. The minimum absolute atomic E-state index is 0.0967. The van der Waals surface area contributed by atoms with Gasteiger partial charge in [0.2, 0.25) is 0 Å². The number of carbonyl (C=O) groups is 1. The van der Waals surface area contributed by atoms with E-state index in [2.05, 4.69) is 17.1 Å². The summed E-state index contributed by atoms with van der Waals surface area (Å²) in [7, 11) is 0. The Morgan fingerprint density at radius 2 is 1.95 bits per heavy atom. The van der Waals surface area contributed by atoms with Crippen LogP contribution in [0.4, 0.5) is 0 Å². The summed E-state index contributed by atoms with van der Waals surface area (Å²) in [5, 5.41) is 3.49. The van der Waals surface area contributed by atoms with Gasteiger partial charge in [0.1, 0.15) is 5.54 Å². The van der Waals surface area contributed by atoms with Crippen LogP contribution in [0.5, 0.6) is 0 Å². The number of likely N-dealkylation sites (tertiary alicyclic amines) is 1. The average molecular weight is 268 g/mol. The van der Waals surface area contributed by atoms with Gasteiger partial charge in [0, 0.05) is 12.6 Å². The highest BCUT2D eigenvalue weighted by Gasteiger charge is 2.41. The molecule has 0 aromatic carbocycles. The Kier molecular flexibility index (Phi) is 4.85. The Morgan fingerprint density at radius 3 is 2.47 bits per heavy atom. The van der Waals surface area contributed by atoms with Crippen molar-refractivity contribution < 1.29 is 9.53 Å². The van der Waals surface area contributed by atoms with Crippen molar-refractivity contribution in [3.8, 4) is 0 Å². The van der Waals surface area contributed by atoms with Crippen molar-refractivity contribution >= 4 is 5.97 Å². The Bertz CT molecular complexity index is 309. The highest BCUT2D eigenvalue weighted by Crippen LogP contribution is 2.25. The lowest BCUT2D eigenvalue weighted by atomic mass is 9.95. The van der Waals surface area contributed by atoms with Crippen LogP contribution in [-0.2, 0) is 9.53 Å². The second-order valence-corrected chi connectivity index (χ2v) is 6.43. The molecule has 2 fully saturated rings. The molecule has 2 aliphatic rings. The molecule has 0 aromatic rings. The predicted molar refractivity (Wildman–Crippen MR) is 76.0 cm³/mol. The molecule has 1 aliphatic heterocycles. The molecule has 19 heavy (non-hydrogen) atoms. The van der Waals surface area contributed by atoms with Crippen molar-refractivity contribution in [2.75, 3.05) is 26.2 Å². The van der Waals surface area contributed by atoms with Crippen molar-refractivity contribution in [1.29, 1.82) is 0 Å². The molecule has 4 heteroatoms. The van der Waals surface area contributed by atoms with Crippen molar-refractivity contribution in [1.82, 2.24) is 10.2 Å². The fourth-order valence-corrected chi connectivity index (χ4v) is 2.81. The summed E-state index contributed by atoms with van der Waals surface area (Å²) < 4.78 is 5.27. The van der Waals surface area contributed by atoms with Crippen molar-refractivity contribution in [3.05, 3.63) is 0 Å². The Labute approximate surface area is 116 Å². The van der Waals surface area contributed by atoms with E-state index in [1.165, 1.54) is 25.7 Å². The number of nitrogens with one attached hydrogen (secondary N) is 1. The van der Waals surface area contributed by atoms with E-state index < -0.39 is 5.54 Å². The SMILES string of the molecule is CCOC(=O)C(C)(CN1CCC(C)CC1)NC1CC1. The number of piperidine rings is 1. The number of ether oxygens (including phenoxy) is 1. The fraction of sp³-hybridized carbons (Fsp3) is 0.933. The second-order valence-electron chi connectivity index (χ2n) is 6.43. The summed E-state index contributed by atoms with van der Waals surface area (Å²) >= 11 is 0. The van der Waals surface area contributed by atoms with Crippen LogP contribution in [0, 0.1) is 5.92 Å². The minimum atomic E-state index is -0.544. The van der Waals surface area contributed by atoms with Gasteiger partial charge in [-0.05, 0) is 58.5 Å². The third-order valence-electron chi connectivity index (χ3n) is 4.24. The molecule has 1 aliphatic carbocycles. The van der Waals surface area contributed by atoms with Crippen LogP contribution < -0.4 is 5.32 Å². The van der Waals surface area contributed by atoms with Gasteiger partial charge in [-0.1, -0.05) is 6.92 Å². The summed E-state index contributed by atoms with van der Waals surface area (Å²) in [4.78, 5) is 14.7. The van der Waals surface area contributed by atoms with E-state index in [1.807, 2.05) is 13.8 Å². The molecule has 0 radical (unpaired) electrons. The van der Waals surface area contributed by atoms with Crippen LogP contribution in [0.1, 0.15) is 46.5 Å². The molecule has 1 N–H and O–H groups in total. The standard InChI is InChI=1S/C15H28N2O2/c1-4-19-14(18)15(3,16-13-5-6-13)11-17-9-7-12(2)8-10-17/h12-13,16H,4-11H2,1-3H3. The van der Waals surface area contributed by atoms with E-state index in [4.69, 9.17) is 4.74 Å². The van der Waals surface area contributed by atoms with Gasteiger partial charge < -0.3 is 9.64 Å². The molecule has 0 aromatic heterocycles. The zero-order valence-electron chi connectivity index (χ0n) is 12.6. The normalized spacial score (nSPS) is 25.0. The molecule has 0 bridgehead atoms. The summed E-state index contributed by atoms with van der Waals surface area (Å²) in [6.07, 6.45) is 4.85. The highest BCUT2D eigenvalue weighted by molar-refractivity contribution is 5.80. The van der Waals surface area contributed by atoms with Crippen LogP contribution in [0.25, 0.3) is 0 Å². The molecule has 0 spiro atoms. The third-order valence-corrected chi connectivity index (χ3v) is 4.24. The first-order chi connectivity index (χ1) is 9.03. The summed E-state index contributed by atoms with van der Waals surface area (Å²) in [6.45, 7) is 9.61. The number of hydrogen-bond acceptors (Lipinski definition) is 4. The van der Waals surface area contributed by atoms with Crippen LogP contribution in [0.15, 0.2) is 0 Å². The molecule has 1 atom stereocenters. The summed E-state index contributed by atoms with van der Waals surface area (Å²) in [6, 6.07) is 0.512. The molecule has 2 rings (SSSR count). The second kappa shape index (κ2) is 6.23. The van der Waals surface area contributed by atoms with Crippen molar-refractivity contribution in [2.24, 2.45) is 5.92 Å². The lowest BCUT2D eigenvalue weighted by Crippen LogP contribution is -2.59. The van der Waals surface area contributed by atoms with Gasteiger partial charge in [-0.2, -0.15) is 0 Å². The average Bonchev–Trinajstić information content (AvgIpc) is 3.16.